The summed E-state index contributed by atoms with van der Waals surface area (Å²) in [6.07, 6.45) is 10.4. The molecule has 2 aliphatic heterocycles. The molecule has 2 heterocycles. The van der Waals surface area contributed by atoms with Crippen LogP contribution in [0, 0.1) is 5.92 Å². The first-order valence-corrected chi connectivity index (χ1v) is 15.7. The monoisotopic (exact) mass is 538 g/mol. The number of hydrogen-bond acceptors (Lipinski definition) is 3. The Kier molecular flexibility index (Phi) is 10.8. The Bertz CT molecular complexity index is 916. The van der Waals surface area contributed by atoms with E-state index in [4.69, 9.17) is 0 Å². The molecule has 5 heteroatoms. The van der Waals surface area contributed by atoms with Crippen LogP contribution < -0.4 is 0 Å². The molecule has 3 aliphatic rings. The molecule has 39 heavy (non-hydrogen) atoms. The highest BCUT2D eigenvalue weighted by Gasteiger charge is 2.43. The van der Waals surface area contributed by atoms with Gasteiger partial charge in [-0.3, -0.25) is 0 Å². The van der Waals surface area contributed by atoms with Crippen molar-refractivity contribution in [1.29, 1.82) is 0 Å². The van der Waals surface area contributed by atoms with Crippen LogP contribution in [0.5, 0.6) is 0 Å². The molecule has 0 spiro atoms. The largest absolute Gasteiger partial charge is 0.354 e. The molecule has 1 saturated carbocycles. The quantitative estimate of drug-likeness (QED) is 0.322. The molecule has 3 fully saturated rings. The number of urea groups is 1. The highest BCUT2D eigenvalue weighted by Crippen LogP contribution is 2.33. The van der Waals surface area contributed by atoms with Crippen molar-refractivity contribution in [3.8, 4) is 0 Å². The van der Waals surface area contributed by atoms with Crippen LogP contribution in [0.3, 0.4) is 0 Å². The number of rotatable bonds is 9. The highest BCUT2D eigenvalue weighted by atomic mass is 16.2. The van der Waals surface area contributed by atoms with E-state index in [1.165, 1.54) is 56.3 Å². The Labute approximate surface area is 240 Å². The molecular weight excluding hydrogens is 480 g/mol. The Morgan fingerprint density at radius 2 is 1.38 bits per heavy atom. The van der Waals surface area contributed by atoms with Gasteiger partial charge in [0.2, 0.25) is 0 Å². The average Bonchev–Trinajstić information content (AvgIpc) is 3.27. The number of nitrogens with zero attached hydrogens (tertiary/aromatic N) is 4. The van der Waals surface area contributed by atoms with E-state index in [1.54, 1.807) is 0 Å². The number of benzene rings is 1. The summed E-state index contributed by atoms with van der Waals surface area (Å²) in [6.45, 7) is 26.0. The Morgan fingerprint density at radius 3 is 1.92 bits per heavy atom. The van der Waals surface area contributed by atoms with Crippen LogP contribution >= 0.6 is 0 Å². The summed E-state index contributed by atoms with van der Waals surface area (Å²) in [5.41, 5.74) is 1.62. The van der Waals surface area contributed by atoms with Crippen molar-refractivity contribution in [1.82, 2.24) is 19.6 Å². The molecule has 1 aliphatic carbocycles. The van der Waals surface area contributed by atoms with Crippen molar-refractivity contribution in [2.75, 3.05) is 26.2 Å². The number of aryl methyl sites for hydroxylation is 1. The lowest BCUT2D eigenvalue weighted by Gasteiger charge is -2.32. The lowest BCUT2D eigenvalue weighted by atomic mass is 9.86. The zero-order valence-corrected chi connectivity index (χ0v) is 26.5. The van der Waals surface area contributed by atoms with Gasteiger partial charge >= 0.3 is 6.03 Å². The van der Waals surface area contributed by atoms with Crippen molar-refractivity contribution >= 4 is 6.03 Å². The van der Waals surface area contributed by atoms with Crippen molar-refractivity contribution in [3.63, 3.8) is 0 Å². The van der Waals surface area contributed by atoms with Crippen LogP contribution in [0.15, 0.2) is 42.7 Å². The molecular formula is C34H58N4O. The summed E-state index contributed by atoms with van der Waals surface area (Å²) >= 11 is 0. The zero-order chi connectivity index (χ0) is 28.8. The van der Waals surface area contributed by atoms with E-state index < -0.39 is 0 Å². The molecule has 1 aromatic rings. The fourth-order valence-electron chi connectivity index (χ4n) is 6.67. The van der Waals surface area contributed by atoms with Gasteiger partial charge in [0, 0.05) is 38.3 Å². The summed E-state index contributed by atoms with van der Waals surface area (Å²) in [5.74, 6) is 2.04. The topological polar surface area (TPSA) is 30.0 Å². The van der Waals surface area contributed by atoms with Crippen LogP contribution in [0.1, 0.15) is 106 Å². The zero-order valence-electron chi connectivity index (χ0n) is 26.5. The molecule has 4 rings (SSSR count). The SMILES string of the molecule is C=C1N(C(C)C)CC(C)(C)N1CCCc1ccccc1.CC(C)N1CC(C)(C)N(CCC2CCCCC2)C1=O. The maximum atomic E-state index is 12.5. The van der Waals surface area contributed by atoms with Crippen LogP contribution in [0.4, 0.5) is 4.79 Å². The lowest BCUT2D eigenvalue weighted by molar-refractivity contribution is 0.159. The standard InChI is InChI=1S/C18H28N2.C16H30N2O/c1-15(2)19-14-18(4,5)20(16(19)3)13-9-12-17-10-7-6-8-11-17;1-13(2)17-12-16(3,4)18(15(17)19)11-10-14-8-6-5-7-9-14/h6-8,10-11,15H,3,9,12-14H2,1-2,4-5H3;13-14H,5-12H2,1-4H3. The molecule has 220 valence electrons. The summed E-state index contributed by atoms with van der Waals surface area (Å²) < 4.78 is 0. The third-order valence-electron chi connectivity index (χ3n) is 9.12. The maximum Gasteiger partial charge on any atom is 0.320 e. The number of carbonyl (C=O) groups excluding carboxylic acids is 1. The molecule has 0 radical (unpaired) electrons. The Hall–Kier alpha value is -2.17. The van der Waals surface area contributed by atoms with Crippen LogP contribution in [-0.2, 0) is 6.42 Å². The number of hydrogen-bond donors (Lipinski definition) is 0. The Balaban J connectivity index is 0.000000216. The second-order valence-corrected chi connectivity index (χ2v) is 14.0. The summed E-state index contributed by atoms with van der Waals surface area (Å²) in [7, 11) is 0. The molecule has 1 aromatic carbocycles. The van der Waals surface area contributed by atoms with Crippen LogP contribution in [0.25, 0.3) is 0 Å². The van der Waals surface area contributed by atoms with E-state index in [1.807, 2.05) is 4.90 Å². The van der Waals surface area contributed by atoms with Crippen molar-refractivity contribution < 1.29 is 4.79 Å². The third-order valence-corrected chi connectivity index (χ3v) is 9.12. The van der Waals surface area contributed by atoms with Gasteiger partial charge in [-0.25, -0.2) is 4.79 Å². The van der Waals surface area contributed by atoms with Crippen molar-refractivity contribution in [2.45, 2.75) is 130 Å². The van der Waals surface area contributed by atoms with E-state index in [2.05, 4.69) is 107 Å². The summed E-state index contributed by atoms with van der Waals surface area (Å²) in [6, 6.07) is 11.8. The minimum atomic E-state index is -0.00395. The van der Waals surface area contributed by atoms with Gasteiger partial charge in [0.15, 0.2) is 0 Å². The number of amides is 2. The molecule has 0 aromatic heterocycles. The average molecular weight is 539 g/mol. The molecule has 2 amide bonds. The van der Waals surface area contributed by atoms with Gasteiger partial charge in [-0.15, -0.1) is 0 Å². The minimum absolute atomic E-state index is 0.00395. The van der Waals surface area contributed by atoms with E-state index in [9.17, 15) is 4.79 Å². The van der Waals surface area contributed by atoms with Crippen LogP contribution in [0.2, 0.25) is 0 Å². The predicted octanol–water partition coefficient (Wildman–Crippen LogP) is 7.78. The van der Waals surface area contributed by atoms with E-state index in [-0.39, 0.29) is 17.1 Å². The van der Waals surface area contributed by atoms with Crippen LogP contribution in [-0.4, -0.2) is 75.0 Å². The second-order valence-electron chi connectivity index (χ2n) is 14.0. The van der Waals surface area contributed by atoms with Gasteiger partial charge in [-0.05, 0) is 86.1 Å². The van der Waals surface area contributed by atoms with E-state index >= 15 is 0 Å². The van der Waals surface area contributed by atoms with Gasteiger partial charge in [-0.2, -0.15) is 0 Å². The molecule has 5 nitrogen and oxygen atoms in total. The predicted molar refractivity (Wildman–Crippen MR) is 166 cm³/mol. The van der Waals surface area contributed by atoms with Gasteiger partial charge in [0.1, 0.15) is 0 Å². The fourth-order valence-corrected chi connectivity index (χ4v) is 6.67. The van der Waals surface area contributed by atoms with Gasteiger partial charge in [-0.1, -0.05) is 69.0 Å². The summed E-state index contributed by atoms with van der Waals surface area (Å²) in [5, 5.41) is 0. The minimum Gasteiger partial charge on any atom is -0.354 e. The second kappa shape index (κ2) is 13.5. The first-order chi connectivity index (χ1) is 18.3. The maximum absolute atomic E-state index is 12.5. The molecule has 0 unspecified atom stereocenters. The van der Waals surface area contributed by atoms with Gasteiger partial charge < -0.3 is 19.6 Å². The van der Waals surface area contributed by atoms with E-state index in [0.717, 1.165) is 38.5 Å². The number of carbonyl (C=O) groups is 1. The fraction of sp³-hybridized carbons (Fsp3) is 0.735. The van der Waals surface area contributed by atoms with Crippen molar-refractivity contribution in [3.05, 3.63) is 48.3 Å². The normalized spacial score (nSPS) is 21.3. The Morgan fingerprint density at radius 1 is 0.821 bits per heavy atom. The third kappa shape index (κ3) is 8.17. The molecule has 0 N–H and O–H groups in total. The highest BCUT2D eigenvalue weighted by molar-refractivity contribution is 5.78. The van der Waals surface area contributed by atoms with Gasteiger partial charge in [0.25, 0.3) is 0 Å². The smallest absolute Gasteiger partial charge is 0.320 e. The molecule has 2 saturated heterocycles. The molecule has 0 atom stereocenters. The summed E-state index contributed by atoms with van der Waals surface area (Å²) in [4.78, 5) is 21.5. The van der Waals surface area contributed by atoms with E-state index in [0.29, 0.717) is 12.1 Å². The van der Waals surface area contributed by atoms with Crippen molar-refractivity contribution in [2.24, 2.45) is 5.92 Å². The first kappa shape index (κ1) is 31.4. The van der Waals surface area contributed by atoms with Gasteiger partial charge in [0.05, 0.1) is 16.9 Å². The lowest BCUT2D eigenvalue weighted by Crippen LogP contribution is -2.43. The first-order valence-electron chi connectivity index (χ1n) is 15.7. The molecule has 0 bridgehead atoms.